The van der Waals surface area contributed by atoms with Gasteiger partial charge in [-0.05, 0) is 6.92 Å². The fourth-order valence-electron chi connectivity index (χ4n) is 11.1. The Labute approximate surface area is 497 Å². The molecular formula is C49H79NO38. The van der Waals surface area contributed by atoms with E-state index in [1.54, 1.807) is 0 Å². The molecule has 0 saturated carbocycles. The minimum absolute atomic E-state index is 0.0367. The van der Waals surface area contributed by atoms with E-state index in [9.17, 15) is 112 Å². The maximum atomic E-state index is 12.9. The number of aliphatic hydroxyl groups is 20. The van der Waals surface area contributed by atoms with Crippen molar-refractivity contribution in [2.45, 2.75) is 222 Å². The van der Waals surface area contributed by atoms with Gasteiger partial charge in [0.15, 0.2) is 44.0 Å². The number of carbonyl (C=O) groups excluding carboxylic acids is 2. The molecule has 21 N–H and O–H groups in total. The van der Waals surface area contributed by atoms with Crippen LogP contribution in [0, 0.1) is 0 Å². The quantitative estimate of drug-likeness (QED) is 0.0490. The molecule has 21 saturated heterocycles. The molecule has 35 atom stereocenters. The standard InChI is InChI=1S/C49H79NO38/c1-12(2)41(71)73-3-4-74-49(72)50-5-13-34-20(57)27(64)42(75-13)83-35-14(6-51)77-44(29(66)22(35)59)85-37-16(8-53)79-46(31(68)24(37)61)87-39-18(10-55)81-48(33(70)26(39)63)88-40-19(11-56)80-47(32(69)25(40)62)86-38-17(9-54)78-45(30(67)23(38)60)84-36-15(7-52)76-43(82-34)28(65)21(36)58/h13-40,42-48,51-70H,1,3-11H2,2H3,(H,50,72)/t13-,14-,15-,16-,17-,18-,19-,20-,21-,22-,23-,24-,25-,26-,27-,28-,29-,30-,31-,32-,33-,34-,35-,36-,37-,38-,39-,40-,42-,43-,44-,45-,46-,47-,48-/m1/s1. The lowest BCUT2D eigenvalue weighted by Gasteiger charge is -2.50. The summed E-state index contributed by atoms with van der Waals surface area (Å²) in [6.45, 7) is -3.47. The van der Waals surface area contributed by atoms with Gasteiger partial charge < -0.3 is 183 Å². The van der Waals surface area contributed by atoms with E-state index >= 15 is 0 Å². The molecule has 508 valence electrons. The molecular weight excluding hydrogens is 1210 g/mol. The SMILES string of the molecule is C=C(C)C(=O)OCCOC(=O)NC[C@H]1O[C@@H]2O[C@H]3[C@H](O)[C@@H](O)[C@@H](O[C@H]4[C@H](O)[C@@H](O)[C@@H](O[C@H]5[C@H](O)[C@@H](O)[C@@H](O[C@H]6[C@H](O)[C@@H](O)[C@@H](O[C@H]7[C@H](O)[C@@H](O)[C@@H](O[C@H]8[C@H](O)[C@@H](O)[C@@H](O[C@H]1[C@H](O)[C@H]2O)O[C@@H]8CO)O[C@@H]7CO)O[C@@H]6CO)O[C@@H]5CO)O[C@@H]4CO)O[C@@H]3CO. The molecule has 14 bridgehead atoms. The van der Waals surface area contributed by atoms with Gasteiger partial charge in [-0.2, -0.15) is 0 Å². The Morgan fingerprint density at radius 2 is 0.511 bits per heavy atom. The average Bonchev–Trinajstić information content (AvgIpc) is 2.02. The van der Waals surface area contributed by atoms with Crippen molar-refractivity contribution in [3.05, 3.63) is 12.2 Å². The van der Waals surface area contributed by atoms with Gasteiger partial charge in [0.25, 0.3) is 0 Å². The van der Waals surface area contributed by atoms with E-state index in [0.29, 0.717) is 0 Å². The summed E-state index contributed by atoms with van der Waals surface area (Å²) in [5, 5.41) is 225. The van der Waals surface area contributed by atoms with E-state index in [1.807, 2.05) is 0 Å². The highest BCUT2D eigenvalue weighted by Crippen LogP contribution is 2.39. The van der Waals surface area contributed by atoms with Crippen LogP contribution in [0.5, 0.6) is 0 Å². The number of amides is 1. The van der Waals surface area contributed by atoms with E-state index in [1.165, 1.54) is 6.92 Å². The van der Waals surface area contributed by atoms with Gasteiger partial charge in [-0.1, -0.05) is 6.58 Å². The Kier molecular flexibility index (Phi) is 24.9. The lowest BCUT2D eigenvalue weighted by molar-refractivity contribution is -0.396. The van der Waals surface area contributed by atoms with Crippen molar-refractivity contribution in [2.75, 3.05) is 59.4 Å². The summed E-state index contributed by atoms with van der Waals surface area (Å²) in [4.78, 5) is 24.7. The molecule has 0 aromatic rings. The van der Waals surface area contributed by atoms with Crippen LogP contribution in [0.25, 0.3) is 0 Å². The maximum absolute atomic E-state index is 12.9. The lowest BCUT2D eigenvalue weighted by atomic mass is 9.95. The number of hydrogen-bond donors (Lipinski definition) is 21. The van der Waals surface area contributed by atoms with Gasteiger partial charge in [0.05, 0.1) is 39.6 Å². The molecule has 0 aromatic carbocycles. The Balaban J connectivity index is 1.09. The van der Waals surface area contributed by atoms with E-state index < -0.39 is 286 Å². The molecule has 88 heavy (non-hydrogen) atoms. The zero-order valence-electron chi connectivity index (χ0n) is 46.6. The Bertz CT molecular complexity index is 2220. The highest BCUT2D eigenvalue weighted by atomic mass is 16.8. The number of rotatable bonds is 12. The average molecular weight is 1290 g/mol. The van der Waals surface area contributed by atoms with Gasteiger partial charge in [0.1, 0.15) is 184 Å². The fourth-order valence-corrected chi connectivity index (χ4v) is 11.1. The van der Waals surface area contributed by atoms with Crippen LogP contribution in [0.15, 0.2) is 12.2 Å². The monoisotopic (exact) mass is 1290 g/mol. The van der Waals surface area contributed by atoms with Crippen LogP contribution in [0.3, 0.4) is 0 Å². The lowest BCUT2D eigenvalue weighted by Crippen LogP contribution is -2.68. The normalized spacial score (nSPS) is 49.7. The van der Waals surface area contributed by atoms with Crippen LogP contribution < -0.4 is 5.32 Å². The van der Waals surface area contributed by atoms with Crippen molar-refractivity contribution in [2.24, 2.45) is 0 Å². The molecule has 21 rings (SSSR count). The largest absolute Gasteiger partial charge is 0.459 e. The number of nitrogens with one attached hydrogen (secondary N) is 1. The first-order valence-corrected chi connectivity index (χ1v) is 27.9. The molecule has 21 aliphatic heterocycles. The van der Waals surface area contributed by atoms with E-state index in [-0.39, 0.29) is 5.57 Å². The van der Waals surface area contributed by atoms with Gasteiger partial charge in [0.2, 0.25) is 0 Å². The van der Waals surface area contributed by atoms with Crippen LogP contribution in [-0.2, 0) is 80.6 Å². The second kappa shape index (κ2) is 30.9. The number of carbonyl (C=O) groups is 2. The predicted octanol–water partition coefficient (Wildman–Crippen LogP) is -14.4. The van der Waals surface area contributed by atoms with Crippen LogP contribution in [0.2, 0.25) is 0 Å². The van der Waals surface area contributed by atoms with Crippen molar-refractivity contribution >= 4 is 12.1 Å². The minimum atomic E-state index is -2.31. The number of esters is 1. The van der Waals surface area contributed by atoms with Crippen LogP contribution in [0.4, 0.5) is 4.79 Å². The number of aliphatic hydroxyl groups excluding tert-OH is 20. The molecule has 21 fully saturated rings. The molecule has 0 radical (unpaired) electrons. The smallest absolute Gasteiger partial charge is 0.407 e. The first-order chi connectivity index (χ1) is 41.8. The molecule has 0 aliphatic carbocycles. The van der Waals surface area contributed by atoms with Crippen LogP contribution in [-0.4, -0.2) is 389 Å². The van der Waals surface area contributed by atoms with Gasteiger partial charge in [-0.3, -0.25) is 0 Å². The van der Waals surface area contributed by atoms with E-state index in [2.05, 4.69) is 11.9 Å². The first kappa shape index (κ1) is 71.0. The van der Waals surface area contributed by atoms with E-state index in [4.69, 9.17) is 75.8 Å². The zero-order chi connectivity index (χ0) is 64.3. The topological polar surface area (TPSA) is 598 Å². The van der Waals surface area contributed by atoms with E-state index in [0.717, 1.165) is 0 Å². The van der Waals surface area contributed by atoms with Gasteiger partial charge in [-0.25, -0.2) is 9.59 Å². The minimum Gasteiger partial charge on any atom is -0.459 e. The van der Waals surface area contributed by atoms with Gasteiger partial charge >= 0.3 is 12.1 Å². The second-order valence-corrected chi connectivity index (χ2v) is 21.9. The Morgan fingerprint density at radius 1 is 0.318 bits per heavy atom. The first-order valence-electron chi connectivity index (χ1n) is 27.9. The zero-order valence-corrected chi connectivity index (χ0v) is 46.6. The molecule has 0 unspecified atom stereocenters. The summed E-state index contributed by atoms with van der Waals surface area (Å²) in [5.41, 5.74) is 0.0367. The van der Waals surface area contributed by atoms with Crippen molar-refractivity contribution < 1.29 is 188 Å². The summed E-state index contributed by atoms with van der Waals surface area (Å²) in [6.07, 6.45) is -73.5. The van der Waals surface area contributed by atoms with Gasteiger partial charge in [-0.15, -0.1) is 0 Å². The molecule has 21 heterocycles. The van der Waals surface area contributed by atoms with Gasteiger partial charge in [0, 0.05) is 12.1 Å². The predicted molar refractivity (Wildman–Crippen MR) is 266 cm³/mol. The summed E-state index contributed by atoms with van der Waals surface area (Å²) in [5.74, 6) is -0.804. The molecule has 39 heteroatoms. The Morgan fingerprint density at radius 3 is 0.716 bits per heavy atom. The number of hydrogen-bond acceptors (Lipinski definition) is 38. The highest BCUT2D eigenvalue weighted by molar-refractivity contribution is 5.86. The van der Waals surface area contributed by atoms with Crippen molar-refractivity contribution in [1.82, 2.24) is 5.32 Å². The second-order valence-electron chi connectivity index (χ2n) is 21.9. The third-order valence-corrected chi connectivity index (χ3v) is 15.9. The van der Waals surface area contributed by atoms with Crippen molar-refractivity contribution in [1.29, 1.82) is 0 Å². The fraction of sp³-hybridized carbons (Fsp3) is 0.918. The molecule has 21 aliphatic rings. The van der Waals surface area contributed by atoms with Crippen molar-refractivity contribution in [3.63, 3.8) is 0 Å². The van der Waals surface area contributed by atoms with Crippen LogP contribution in [0.1, 0.15) is 6.92 Å². The summed E-state index contributed by atoms with van der Waals surface area (Å²) in [7, 11) is 0. The molecule has 0 aromatic heterocycles. The number of ether oxygens (including phenoxy) is 16. The van der Waals surface area contributed by atoms with Crippen molar-refractivity contribution in [3.8, 4) is 0 Å². The highest BCUT2D eigenvalue weighted by Gasteiger charge is 2.59. The molecule has 39 nitrogen and oxygen atoms in total. The third kappa shape index (κ3) is 15.0. The number of alkyl carbamates (subject to hydrolysis) is 1. The maximum Gasteiger partial charge on any atom is 0.407 e. The summed E-state index contributed by atoms with van der Waals surface area (Å²) < 4.78 is 90.4. The molecule has 1 amide bonds. The summed E-state index contributed by atoms with van der Waals surface area (Å²) >= 11 is 0. The van der Waals surface area contributed by atoms with Crippen LogP contribution >= 0.6 is 0 Å². The summed E-state index contributed by atoms with van der Waals surface area (Å²) in [6, 6.07) is 0. The Hall–Kier alpha value is -2.88. The molecule has 0 spiro atoms. The third-order valence-electron chi connectivity index (χ3n) is 15.9.